The van der Waals surface area contributed by atoms with Gasteiger partial charge in [0.25, 0.3) is 0 Å². The predicted octanol–water partition coefficient (Wildman–Crippen LogP) is 1.40. The molecule has 2 heterocycles. The lowest BCUT2D eigenvalue weighted by Crippen LogP contribution is -1.99. The van der Waals surface area contributed by atoms with Crippen LogP contribution in [0.1, 0.15) is 11.3 Å². The van der Waals surface area contributed by atoms with Crippen molar-refractivity contribution in [2.75, 3.05) is 7.11 Å². The zero-order chi connectivity index (χ0) is 10.8. The summed E-state index contributed by atoms with van der Waals surface area (Å²) < 4.78 is 6.36. The van der Waals surface area contributed by atoms with Crippen LogP contribution < -0.4 is 0 Å². The van der Waals surface area contributed by atoms with Gasteiger partial charge in [-0.05, 0) is 6.07 Å². The van der Waals surface area contributed by atoms with Crippen LogP contribution >= 0.6 is 11.6 Å². The van der Waals surface area contributed by atoms with Crippen molar-refractivity contribution in [1.82, 2.24) is 14.6 Å². The van der Waals surface area contributed by atoms with Crippen molar-refractivity contribution < 1.29 is 4.74 Å². The molecule has 76 valence electrons. The molecule has 0 saturated carbocycles. The normalized spacial score (nSPS) is 10.5. The summed E-state index contributed by atoms with van der Waals surface area (Å²) in [6.07, 6.45) is 1.44. The fraction of sp³-hybridized carbons (Fsp3) is 0.222. The lowest BCUT2D eigenvalue weighted by atomic mass is 10.3. The first-order chi connectivity index (χ1) is 7.26. The molecule has 0 radical (unpaired) electrons. The summed E-state index contributed by atoms with van der Waals surface area (Å²) in [5.74, 6) is 0. The molecule has 0 aliphatic carbocycles. The Kier molecular flexibility index (Phi) is 2.54. The third-order valence-electron chi connectivity index (χ3n) is 1.89. The van der Waals surface area contributed by atoms with Gasteiger partial charge in [-0.3, -0.25) is 0 Å². The van der Waals surface area contributed by atoms with Crippen molar-refractivity contribution in [3.8, 4) is 6.07 Å². The standard InChI is InChI=1S/C9H7ClN4O/c1-15-5-7-2-8(10)14-9(13-7)6(3-11)4-12-14/h2,4H,5H2,1H3. The number of nitrogens with zero attached hydrogens (tertiary/aromatic N) is 4. The Bertz CT molecular complexity index is 543. The summed E-state index contributed by atoms with van der Waals surface area (Å²) in [4.78, 5) is 4.23. The van der Waals surface area contributed by atoms with Crippen LogP contribution in [0, 0.1) is 11.3 Å². The summed E-state index contributed by atoms with van der Waals surface area (Å²) in [7, 11) is 1.57. The van der Waals surface area contributed by atoms with E-state index >= 15 is 0 Å². The van der Waals surface area contributed by atoms with Crippen LogP contribution in [-0.2, 0) is 11.3 Å². The van der Waals surface area contributed by atoms with Crippen molar-refractivity contribution in [3.63, 3.8) is 0 Å². The van der Waals surface area contributed by atoms with E-state index in [4.69, 9.17) is 21.6 Å². The van der Waals surface area contributed by atoms with Crippen LogP contribution in [0.2, 0.25) is 5.15 Å². The Morgan fingerprint density at radius 3 is 3.13 bits per heavy atom. The average molecular weight is 223 g/mol. The van der Waals surface area contributed by atoms with E-state index in [0.29, 0.717) is 28.7 Å². The molecule has 15 heavy (non-hydrogen) atoms. The molecule has 6 heteroatoms. The molecule has 0 N–H and O–H groups in total. The van der Waals surface area contributed by atoms with Crippen LogP contribution in [0.3, 0.4) is 0 Å². The minimum absolute atomic E-state index is 0.353. The summed E-state index contributed by atoms with van der Waals surface area (Å²) in [6, 6.07) is 3.66. The second kappa shape index (κ2) is 3.85. The van der Waals surface area contributed by atoms with Crippen molar-refractivity contribution in [3.05, 3.63) is 28.7 Å². The van der Waals surface area contributed by atoms with Crippen LogP contribution in [0.25, 0.3) is 5.65 Å². The summed E-state index contributed by atoms with van der Waals surface area (Å²) in [5.41, 5.74) is 1.53. The molecular weight excluding hydrogens is 216 g/mol. The van der Waals surface area contributed by atoms with Gasteiger partial charge in [0, 0.05) is 7.11 Å². The largest absolute Gasteiger partial charge is 0.378 e. The smallest absolute Gasteiger partial charge is 0.174 e. The van der Waals surface area contributed by atoms with Gasteiger partial charge in [-0.2, -0.15) is 10.4 Å². The zero-order valence-corrected chi connectivity index (χ0v) is 8.69. The van der Waals surface area contributed by atoms with Crippen LogP contribution in [0.5, 0.6) is 0 Å². The van der Waals surface area contributed by atoms with Gasteiger partial charge in [0.1, 0.15) is 16.8 Å². The van der Waals surface area contributed by atoms with Gasteiger partial charge in [0.05, 0.1) is 18.5 Å². The molecule has 0 atom stereocenters. The van der Waals surface area contributed by atoms with Gasteiger partial charge in [-0.15, -0.1) is 0 Å². The molecule has 0 bridgehead atoms. The molecule has 0 aromatic carbocycles. The molecule has 0 amide bonds. The quantitative estimate of drug-likeness (QED) is 0.721. The molecule has 0 aliphatic rings. The summed E-state index contributed by atoms with van der Waals surface area (Å²) in [5, 5.41) is 13.2. The number of halogens is 1. The Morgan fingerprint density at radius 1 is 1.67 bits per heavy atom. The zero-order valence-electron chi connectivity index (χ0n) is 7.94. The highest BCUT2D eigenvalue weighted by Crippen LogP contribution is 2.15. The molecule has 2 aromatic heterocycles. The molecule has 5 nitrogen and oxygen atoms in total. The minimum Gasteiger partial charge on any atom is -0.378 e. The minimum atomic E-state index is 0.353. The molecule has 0 spiro atoms. The van der Waals surface area contributed by atoms with Gasteiger partial charge < -0.3 is 4.74 Å². The first kappa shape index (κ1) is 9.90. The number of ether oxygens (including phenoxy) is 1. The van der Waals surface area contributed by atoms with E-state index in [9.17, 15) is 0 Å². The maximum absolute atomic E-state index is 8.82. The Hall–Kier alpha value is -1.64. The lowest BCUT2D eigenvalue weighted by Gasteiger charge is -2.01. The first-order valence-corrected chi connectivity index (χ1v) is 4.56. The highest BCUT2D eigenvalue weighted by atomic mass is 35.5. The van der Waals surface area contributed by atoms with E-state index in [1.807, 2.05) is 6.07 Å². The lowest BCUT2D eigenvalue weighted by molar-refractivity contribution is 0.181. The number of methoxy groups -OCH3 is 1. The van der Waals surface area contributed by atoms with E-state index in [0.717, 1.165) is 0 Å². The molecular formula is C9H7ClN4O. The fourth-order valence-corrected chi connectivity index (χ4v) is 1.52. The summed E-state index contributed by atoms with van der Waals surface area (Å²) >= 11 is 5.96. The van der Waals surface area contributed by atoms with Crippen LogP contribution in [0.4, 0.5) is 0 Å². The maximum Gasteiger partial charge on any atom is 0.174 e. The number of hydrogen-bond donors (Lipinski definition) is 0. The highest BCUT2D eigenvalue weighted by Gasteiger charge is 2.09. The molecule has 2 rings (SSSR count). The monoisotopic (exact) mass is 222 g/mol. The average Bonchev–Trinajstić information content (AvgIpc) is 2.61. The Labute approximate surface area is 90.9 Å². The first-order valence-electron chi connectivity index (χ1n) is 4.18. The van der Waals surface area contributed by atoms with E-state index in [1.54, 1.807) is 13.2 Å². The second-order valence-electron chi connectivity index (χ2n) is 2.91. The third-order valence-corrected chi connectivity index (χ3v) is 2.16. The number of hydrogen-bond acceptors (Lipinski definition) is 4. The van der Waals surface area contributed by atoms with Gasteiger partial charge in [0.2, 0.25) is 0 Å². The van der Waals surface area contributed by atoms with Gasteiger partial charge >= 0.3 is 0 Å². The highest BCUT2D eigenvalue weighted by molar-refractivity contribution is 6.29. The van der Waals surface area contributed by atoms with E-state index in [1.165, 1.54) is 10.7 Å². The maximum atomic E-state index is 8.82. The number of nitriles is 1. The van der Waals surface area contributed by atoms with E-state index in [2.05, 4.69) is 10.1 Å². The van der Waals surface area contributed by atoms with Crippen molar-refractivity contribution in [1.29, 1.82) is 5.26 Å². The van der Waals surface area contributed by atoms with Crippen molar-refractivity contribution in [2.45, 2.75) is 6.61 Å². The summed E-state index contributed by atoms with van der Waals surface area (Å²) in [6.45, 7) is 0.353. The van der Waals surface area contributed by atoms with Crippen LogP contribution in [0.15, 0.2) is 12.3 Å². The van der Waals surface area contributed by atoms with E-state index < -0.39 is 0 Å². The van der Waals surface area contributed by atoms with E-state index in [-0.39, 0.29) is 0 Å². The molecule has 0 saturated heterocycles. The fourth-order valence-electron chi connectivity index (χ4n) is 1.27. The SMILES string of the molecule is COCc1cc(Cl)n2ncc(C#N)c2n1. The predicted molar refractivity (Wildman–Crippen MR) is 53.4 cm³/mol. The Balaban J connectivity index is 2.67. The number of fused-ring (bicyclic) bond motifs is 1. The van der Waals surface area contributed by atoms with Crippen molar-refractivity contribution in [2.24, 2.45) is 0 Å². The van der Waals surface area contributed by atoms with Crippen molar-refractivity contribution >= 4 is 17.2 Å². The van der Waals surface area contributed by atoms with Gasteiger partial charge in [-0.1, -0.05) is 11.6 Å². The van der Waals surface area contributed by atoms with Gasteiger partial charge in [0.15, 0.2) is 5.65 Å². The number of aromatic nitrogens is 3. The third kappa shape index (κ3) is 1.65. The molecule has 0 fully saturated rings. The second-order valence-corrected chi connectivity index (χ2v) is 3.30. The molecule has 0 aliphatic heterocycles. The number of rotatable bonds is 2. The molecule has 0 unspecified atom stereocenters. The topological polar surface area (TPSA) is 63.2 Å². The molecule has 2 aromatic rings. The van der Waals surface area contributed by atoms with Gasteiger partial charge in [-0.25, -0.2) is 9.50 Å². The van der Waals surface area contributed by atoms with Crippen LogP contribution in [-0.4, -0.2) is 21.7 Å². The Morgan fingerprint density at radius 2 is 2.47 bits per heavy atom.